The molecule has 6 nitrogen and oxygen atoms in total. The third kappa shape index (κ3) is 2.84. The summed E-state index contributed by atoms with van der Waals surface area (Å²) in [4.78, 5) is 20.2. The van der Waals surface area contributed by atoms with Crippen LogP contribution in [0.3, 0.4) is 0 Å². The molecule has 0 aliphatic heterocycles. The molecular weight excluding hydrogens is 312 g/mol. The molecule has 0 unspecified atom stereocenters. The van der Waals surface area contributed by atoms with E-state index in [1.807, 2.05) is 6.07 Å². The number of rotatable bonds is 4. The van der Waals surface area contributed by atoms with Gasteiger partial charge in [0.1, 0.15) is 5.69 Å². The van der Waals surface area contributed by atoms with E-state index in [9.17, 15) is 13.6 Å². The topological polar surface area (TPSA) is 72.7 Å². The van der Waals surface area contributed by atoms with Gasteiger partial charge in [-0.15, -0.1) is 11.3 Å². The van der Waals surface area contributed by atoms with Gasteiger partial charge in [-0.1, -0.05) is 0 Å². The van der Waals surface area contributed by atoms with Crippen LogP contribution in [0.1, 0.15) is 17.0 Å². The van der Waals surface area contributed by atoms with Crippen LogP contribution in [0.25, 0.3) is 11.3 Å². The Labute approximate surface area is 127 Å². The summed E-state index contributed by atoms with van der Waals surface area (Å²) in [6.07, 6.45) is 4.43. The fourth-order valence-corrected chi connectivity index (χ4v) is 2.50. The zero-order valence-corrected chi connectivity index (χ0v) is 11.8. The number of pyridine rings is 1. The average Bonchev–Trinajstić information content (AvgIpc) is 3.17. The molecule has 112 valence electrons. The van der Waals surface area contributed by atoms with Crippen molar-refractivity contribution in [3.05, 3.63) is 47.9 Å². The molecule has 3 heterocycles. The fourth-order valence-electron chi connectivity index (χ4n) is 1.79. The Balaban J connectivity index is 1.78. The van der Waals surface area contributed by atoms with E-state index < -0.39 is 12.5 Å². The largest absolute Gasteiger partial charge is 0.333 e. The first kappa shape index (κ1) is 14.3. The van der Waals surface area contributed by atoms with Gasteiger partial charge in [0.05, 0.1) is 5.69 Å². The predicted molar refractivity (Wildman–Crippen MR) is 76.8 cm³/mol. The molecule has 0 saturated heterocycles. The van der Waals surface area contributed by atoms with Crippen LogP contribution in [0.5, 0.6) is 0 Å². The van der Waals surface area contributed by atoms with Crippen molar-refractivity contribution in [2.24, 2.45) is 0 Å². The Morgan fingerprint density at radius 2 is 2.18 bits per heavy atom. The van der Waals surface area contributed by atoms with Crippen LogP contribution in [0, 0.1) is 0 Å². The Morgan fingerprint density at radius 1 is 1.32 bits per heavy atom. The van der Waals surface area contributed by atoms with Crippen molar-refractivity contribution < 1.29 is 13.6 Å². The Bertz CT molecular complexity index is 787. The smallest absolute Gasteiger partial charge is 0.296 e. The average molecular weight is 321 g/mol. The number of aromatic nitrogens is 4. The first-order valence-corrected chi connectivity index (χ1v) is 7.02. The molecular formula is C13H9F2N5OS. The maximum Gasteiger partial charge on any atom is 0.333 e. The lowest BCUT2D eigenvalue weighted by Crippen LogP contribution is -2.18. The molecule has 3 aromatic heterocycles. The van der Waals surface area contributed by atoms with Crippen molar-refractivity contribution in [1.82, 2.24) is 19.7 Å². The van der Waals surface area contributed by atoms with E-state index in [4.69, 9.17) is 0 Å². The highest BCUT2D eigenvalue weighted by molar-refractivity contribution is 7.14. The van der Waals surface area contributed by atoms with E-state index in [0.29, 0.717) is 15.5 Å². The normalized spacial score (nSPS) is 10.9. The number of alkyl halides is 2. The van der Waals surface area contributed by atoms with Crippen molar-refractivity contribution in [1.29, 1.82) is 0 Å². The van der Waals surface area contributed by atoms with Crippen molar-refractivity contribution in [3.8, 4) is 11.3 Å². The molecule has 0 aromatic carbocycles. The van der Waals surface area contributed by atoms with Crippen LogP contribution in [-0.4, -0.2) is 25.7 Å². The summed E-state index contributed by atoms with van der Waals surface area (Å²) >= 11 is 1.20. The molecule has 0 fully saturated rings. The van der Waals surface area contributed by atoms with Gasteiger partial charge in [0, 0.05) is 29.5 Å². The summed E-state index contributed by atoms with van der Waals surface area (Å²) in [5, 5.41) is 7.95. The second kappa shape index (κ2) is 5.98. The van der Waals surface area contributed by atoms with E-state index in [1.165, 1.54) is 17.4 Å². The maximum atomic E-state index is 12.7. The molecule has 0 bridgehead atoms. The van der Waals surface area contributed by atoms with E-state index >= 15 is 0 Å². The first-order valence-electron chi connectivity index (χ1n) is 6.14. The number of nitrogens with one attached hydrogen (secondary N) is 1. The number of thiazole rings is 1. The van der Waals surface area contributed by atoms with Gasteiger partial charge in [0.25, 0.3) is 5.91 Å². The fraction of sp³-hybridized carbons (Fsp3) is 0.0769. The van der Waals surface area contributed by atoms with Gasteiger partial charge in [-0.05, 0) is 18.2 Å². The molecule has 0 saturated carbocycles. The van der Waals surface area contributed by atoms with E-state index in [2.05, 4.69) is 20.4 Å². The molecule has 3 rings (SSSR count). The van der Waals surface area contributed by atoms with E-state index in [0.717, 1.165) is 11.8 Å². The predicted octanol–water partition coefficient (Wildman–Crippen LogP) is 3.05. The molecule has 0 aliphatic carbocycles. The molecule has 0 spiro atoms. The molecule has 0 radical (unpaired) electrons. The SMILES string of the molecule is O=C(Nc1nc(-c2cccnc2)cs1)c1ccnn1C(F)F. The van der Waals surface area contributed by atoms with Crippen molar-refractivity contribution >= 4 is 22.4 Å². The van der Waals surface area contributed by atoms with Crippen LogP contribution in [0.2, 0.25) is 0 Å². The third-order valence-corrected chi connectivity index (χ3v) is 3.53. The van der Waals surface area contributed by atoms with E-state index in [-0.39, 0.29) is 5.69 Å². The quantitative estimate of drug-likeness (QED) is 0.801. The summed E-state index contributed by atoms with van der Waals surface area (Å²) in [5.41, 5.74) is 1.22. The second-order valence-corrected chi connectivity index (χ2v) is 5.03. The summed E-state index contributed by atoms with van der Waals surface area (Å²) in [6, 6.07) is 4.82. The monoisotopic (exact) mass is 321 g/mol. The number of carbonyl (C=O) groups is 1. The van der Waals surface area contributed by atoms with Gasteiger partial charge < -0.3 is 0 Å². The van der Waals surface area contributed by atoms with Gasteiger partial charge in [-0.2, -0.15) is 18.6 Å². The van der Waals surface area contributed by atoms with Gasteiger partial charge >= 0.3 is 6.55 Å². The zero-order chi connectivity index (χ0) is 15.5. The van der Waals surface area contributed by atoms with Crippen LogP contribution < -0.4 is 5.32 Å². The molecule has 3 aromatic rings. The van der Waals surface area contributed by atoms with Crippen molar-refractivity contribution in [2.75, 3.05) is 5.32 Å². The van der Waals surface area contributed by atoms with Crippen LogP contribution in [-0.2, 0) is 0 Å². The second-order valence-electron chi connectivity index (χ2n) is 4.17. The number of hydrogen-bond acceptors (Lipinski definition) is 5. The van der Waals surface area contributed by atoms with Crippen LogP contribution in [0.15, 0.2) is 42.2 Å². The van der Waals surface area contributed by atoms with Gasteiger partial charge in [0.15, 0.2) is 5.13 Å². The number of halogens is 2. The number of nitrogens with zero attached hydrogens (tertiary/aromatic N) is 4. The summed E-state index contributed by atoms with van der Waals surface area (Å²) in [7, 11) is 0. The highest BCUT2D eigenvalue weighted by Crippen LogP contribution is 2.24. The molecule has 9 heteroatoms. The van der Waals surface area contributed by atoms with Gasteiger partial charge in [0.2, 0.25) is 0 Å². The molecule has 1 N–H and O–H groups in total. The Hall–Kier alpha value is -2.68. The first-order chi connectivity index (χ1) is 10.6. The summed E-state index contributed by atoms with van der Waals surface area (Å²) in [5.74, 6) is -0.690. The minimum absolute atomic E-state index is 0.229. The molecule has 1 amide bonds. The van der Waals surface area contributed by atoms with Crippen molar-refractivity contribution in [2.45, 2.75) is 6.55 Å². The molecule has 0 atom stereocenters. The van der Waals surface area contributed by atoms with E-state index in [1.54, 1.807) is 23.8 Å². The number of anilines is 1. The molecule has 0 aliphatic rings. The number of carbonyl (C=O) groups excluding carboxylic acids is 1. The van der Waals surface area contributed by atoms with Gasteiger partial charge in [-0.25, -0.2) is 4.98 Å². The minimum atomic E-state index is -2.88. The lowest BCUT2D eigenvalue weighted by molar-refractivity contribution is 0.0520. The summed E-state index contributed by atoms with van der Waals surface area (Å²) < 4.78 is 25.7. The Kier molecular flexibility index (Phi) is 3.88. The zero-order valence-electron chi connectivity index (χ0n) is 11.0. The van der Waals surface area contributed by atoms with Crippen molar-refractivity contribution in [3.63, 3.8) is 0 Å². The standard InChI is InChI=1S/C13H9F2N5OS/c14-12(15)20-10(3-5-17-20)11(21)19-13-18-9(7-22-13)8-2-1-4-16-6-8/h1-7,12H,(H,18,19,21). The Morgan fingerprint density at radius 3 is 2.91 bits per heavy atom. The highest BCUT2D eigenvalue weighted by atomic mass is 32.1. The lowest BCUT2D eigenvalue weighted by Gasteiger charge is -2.05. The minimum Gasteiger partial charge on any atom is -0.296 e. The number of hydrogen-bond donors (Lipinski definition) is 1. The van der Waals surface area contributed by atoms with Gasteiger partial charge in [-0.3, -0.25) is 15.1 Å². The summed E-state index contributed by atoms with van der Waals surface area (Å²) in [6.45, 7) is -2.88. The maximum absolute atomic E-state index is 12.7. The number of amides is 1. The third-order valence-electron chi connectivity index (χ3n) is 2.77. The highest BCUT2D eigenvalue weighted by Gasteiger charge is 2.19. The lowest BCUT2D eigenvalue weighted by atomic mass is 10.2. The van der Waals surface area contributed by atoms with Crippen LogP contribution in [0.4, 0.5) is 13.9 Å². The molecule has 22 heavy (non-hydrogen) atoms. The van der Waals surface area contributed by atoms with Crippen LogP contribution >= 0.6 is 11.3 Å².